The largest absolute Gasteiger partial charge is 0.381 e. The molecule has 0 amide bonds. The zero-order chi connectivity index (χ0) is 14.5. The van der Waals surface area contributed by atoms with Crippen molar-refractivity contribution in [1.29, 1.82) is 0 Å². The highest BCUT2D eigenvalue weighted by Gasteiger charge is 2.05. The average Bonchev–Trinajstić information content (AvgIpc) is 2.46. The molecule has 4 heteroatoms. The van der Waals surface area contributed by atoms with Crippen LogP contribution in [0.1, 0.15) is 17.6 Å². The molecule has 0 spiro atoms. The van der Waals surface area contributed by atoms with E-state index < -0.39 is 6.43 Å². The summed E-state index contributed by atoms with van der Waals surface area (Å²) in [5.41, 5.74) is 3.18. The van der Waals surface area contributed by atoms with Crippen LogP contribution < -0.4 is 10.2 Å². The van der Waals surface area contributed by atoms with Gasteiger partial charge in [0.2, 0.25) is 0 Å². The van der Waals surface area contributed by atoms with Crippen LogP contribution >= 0.6 is 0 Å². The summed E-state index contributed by atoms with van der Waals surface area (Å²) in [7, 11) is 3.99. The van der Waals surface area contributed by atoms with Gasteiger partial charge in [0.25, 0.3) is 6.43 Å². The maximum absolute atomic E-state index is 12.4. The minimum atomic E-state index is -2.41. The van der Waals surface area contributed by atoms with E-state index >= 15 is 0 Å². The highest BCUT2D eigenvalue weighted by molar-refractivity contribution is 5.54. The van der Waals surface area contributed by atoms with E-state index in [1.165, 1.54) is 12.1 Å². The summed E-state index contributed by atoms with van der Waals surface area (Å²) in [6.45, 7) is 0.616. The molecule has 2 rings (SSSR count). The van der Waals surface area contributed by atoms with Gasteiger partial charge in [-0.2, -0.15) is 0 Å². The molecule has 2 aromatic carbocycles. The number of nitrogens with one attached hydrogen (secondary N) is 1. The Bertz CT molecular complexity index is 482. The quantitative estimate of drug-likeness (QED) is 0.875. The summed E-state index contributed by atoms with van der Waals surface area (Å²) in [5.74, 6) is 0. The fourth-order valence-corrected chi connectivity index (χ4v) is 1.86. The monoisotopic (exact) mass is 276 g/mol. The molecule has 0 saturated carbocycles. The van der Waals surface area contributed by atoms with Gasteiger partial charge < -0.3 is 10.2 Å². The predicted molar refractivity (Wildman–Crippen MR) is 79.5 cm³/mol. The van der Waals surface area contributed by atoms with Gasteiger partial charge in [-0.1, -0.05) is 24.3 Å². The second-order valence-corrected chi connectivity index (χ2v) is 4.84. The molecule has 2 aromatic rings. The van der Waals surface area contributed by atoms with Gasteiger partial charge in [0.1, 0.15) is 0 Å². The molecule has 20 heavy (non-hydrogen) atoms. The average molecular weight is 276 g/mol. The molecule has 0 heterocycles. The van der Waals surface area contributed by atoms with E-state index in [2.05, 4.69) is 5.32 Å². The third kappa shape index (κ3) is 3.70. The van der Waals surface area contributed by atoms with Crippen molar-refractivity contribution in [3.8, 4) is 0 Å². The molecule has 0 aliphatic rings. The first-order valence-electron chi connectivity index (χ1n) is 6.44. The highest BCUT2D eigenvalue weighted by atomic mass is 19.3. The Balaban J connectivity index is 1.94. The summed E-state index contributed by atoms with van der Waals surface area (Å²) < 4.78 is 24.9. The van der Waals surface area contributed by atoms with Crippen LogP contribution in [0.25, 0.3) is 0 Å². The Hall–Kier alpha value is -2.10. The normalized spacial score (nSPS) is 10.7. The Morgan fingerprint density at radius 2 is 1.55 bits per heavy atom. The molecular weight excluding hydrogens is 258 g/mol. The highest BCUT2D eigenvalue weighted by Crippen LogP contribution is 2.20. The number of rotatable bonds is 5. The summed E-state index contributed by atoms with van der Waals surface area (Å²) in [6.07, 6.45) is -2.41. The van der Waals surface area contributed by atoms with Gasteiger partial charge in [0.05, 0.1) is 0 Å². The van der Waals surface area contributed by atoms with Crippen molar-refractivity contribution in [2.45, 2.75) is 13.0 Å². The fourth-order valence-electron chi connectivity index (χ4n) is 1.86. The zero-order valence-corrected chi connectivity index (χ0v) is 11.6. The van der Waals surface area contributed by atoms with E-state index in [-0.39, 0.29) is 5.56 Å². The molecule has 0 radical (unpaired) electrons. The third-order valence-corrected chi connectivity index (χ3v) is 3.11. The van der Waals surface area contributed by atoms with Gasteiger partial charge in [0, 0.05) is 37.6 Å². The molecule has 0 aromatic heterocycles. The van der Waals surface area contributed by atoms with Gasteiger partial charge in [-0.15, -0.1) is 0 Å². The van der Waals surface area contributed by atoms with Crippen LogP contribution in [-0.2, 0) is 6.54 Å². The molecule has 0 fully saturated rings. The third-order valence-electron chi connectivity index (χ3n) is 3.11. The molecular formula is C16H18F2N2. The number of halogens is 2. The van der Waals surface area contributed by atoms with Crippen molar-refractivity contribution >= 4 is 11.4 Å². The van der Waals surface area contributed by atoms with Crippen LogP contribution in [-0.4, -0.2) is 14.1 Å². The summed E-state index contributed by atoms with van der Waals surface area (Å²) in [5, 5.41) is 3.27. The van der Waals surface area contributed by atoms with E-state index in [9.17, 15) is 8.78 Å². The molecule has 0 bridgehead atoms. The number of hydrogen-bond donors (Lipinski definition) is 1. The van der Waals surface area contributed by atoms with E-state index in [4.69, 9.17) is 0 Å². The maximum Gasteiger partial charge on any atom is 0.263 e. The zero-order valence-electron chi connectivity index (χ0n) is 11.6. The number of benzene rings is 2. The first-order chi connectivity index (χ1) is 9.56. The fraction of sp³-hybridized carbons (Fsp3) is 0.250. The van der Waals surface area contributed by atoms with E-state index in [0.29, 0.717) is 6.54 Å². The molecule has 0 saturated heterocycles. The first-order valence-corrected chi connectivity index (χ1v) is 6.44. The number of alkyl halides is 2. The smallest absolute Gasteiger partial charge is 0.263 e. The van der Waals surface area contributed by atoms with E-state index in [1.807, 2.05) is 43.3 Å². The van der Waals surface area contributed by atoms with Crippen molar-refractivity contribution in [3.63, 3.8) is 0 Å². The van der Waals surface area contributed by atoms with Gasteiger partial charge in [0.15, 0.2) is 0 Å². The Kier molecular flexibility index (Phi) is 4.56. The molecule has 0 aliphatic carbocycles. The lowest BCUT2D eigenvalue weighted by atomic mass is 10.1. The summed E-state index contributed by atoms with van der Waals surface area (Å²) in [6, 6.07) is 14.5. The van der Waals surface area contributed by atoms with Crippen molar-refractivity contribution in [2.24, 2.45) is 0 Å². The Labute approximate surface area is 118 Å². The second-order valence-electron chi connectivity index (χ2n) is 4.84. The lowest BCUT2D eigenvalue weighted by Crippen LogP contribution is -2.08. The number of anilines is 2. The maximum atomic E-state index is 12.4. The van der Waals surface area contributed by atoms with E-state index in [0.717, 1.165) is 16.9 Å². The van der Waals surface area contributed by atoms with E-state index in [1.54, 1.807) is 12.1 Å². The lowest BCUT2D eigenvalue weighted by Gasteiger charge is -2.13. The van der Waals surface area contributed by atoms with Crippen molar-refractivity contribution in [1.82, 2.24) is 0 Å². The summed E-state index contributed by atoms with van der Waals surface area (Å²) >= 11 is 0. The molecule has 0 unspecified atom stereocenters. The first kappa shape index (κ1) is 14.3. The van der Waals surface area contributed by atoms with Crippen LogP contribution in [0.3, 0.4) is 0 Å². The van der Waals surface area contributed by atoms with Crippen LogP contribution in [0.15, 0.2) is 48.5 Å². The predicted octanol–water partition coefficient (Wildman–Crippen LogP) is 4.30. The molecule has 0 aliphatic heterocycles. The van der Waals surface area contributed by atoms with Crippen molar-refractivity contribution < 1.29 is 8.78 Å². The SMILES string of the molecule is CN(C)c1ccc(NCc2ccc(C(F)F)cc2)cc1. The van der Waals surface area contributed by atoms with Gasteiger partial charge in [-0.05, 0) is 29.8 Å². The summed E-state index contributed by atoms with van der Waals surface area (Å²) in [4.78, 5) is 2.03. The van der Waals surface area contributed by atoms with Crippen LogP contribution in [0.5, 0.6) is 0 Å². The van der Waals surface area contributed by atoms with Crippen molar-refractivity contribution in [3.05, 3.63) is 59.7 Å². The van der Waals surface area contributed by atoms with Crippen molar-refractivity contribution in [2.75, 3.05) is 24.3 Å². The van der Waals surface area contributed by atoms with Crippen LogP contribution in [0, 0.1) is 0 Å². The van der Waals surface area contributed by atoms with Crippen LogP contribution in [0.4, 0.5) is 20.2 Å². The molecule has 1 N–H and O–H groups in total. The van der Waals surface area contributed by atoms with Gasteiger partial charge >= 0.3 is 0 Å². The second kappa shape index (κ2) is 6.37. The molecule has 106 valence electrons. The lowest BCUT2D eigenvalue weighted by molar-refractivity contribution is 0.151. The molecule has 2 nitrogen and oxygen atoms in total. The minimum Gasteiger partial charge on any atom is -0.381 e. The van der Waals surface area contributed by atoms with Gasteiger partial charge in [-0.3, -0.25) is 0 Å². The number of nitrogens with zero attached hydrogens (tertiary/aromatic N) is 1. The minimum absolute atomic E-state index is 0.0593. The number of hydrogen-bond acceptors (Lipinski definition) is 2. The topological polar surface area (TPSA) is 15.3 Å². The van der Waals surface area contributed by atoms with Crippen LogP contribution in [0.2, 0.25) is 0 Å². The Morgan fingerprint density at radius 3 is 2.05 bits per heavy atom. The molecule has 0 atom stereocenters. The van der Waals surface area contributed by atoms with Gasteiger partial charge in [-0.25, -0.2) is 8.78 Å². The standard InChI is InChI=1S/C16H18F2N2/c1-20(2)15-9-7-14(8-10-15)19-11-12-3-5-13(6-4-12)16(17)18/h3-10,16,19H,11H2,1-2H3. The Morgan fingerprint density at radius 1 is 0.950 bits per heavy atom.